The molecule has 0 aliphatic carbocycles. The maximum Gasteiger partial charge on any atom is 0.339 e. The van der Waals surface area contributed by atoms with Gasteiger partial charge in [0.05, 0.1) is 5.56 Å². The van der Waals surface area contributed by atoms with Crippen molar-refractivity contribution in [2.24, 2.45) is 0 Å². The Morgan fingerprint density at radius 2 is 1.61 bits per heavy atom. The second-order valence-electron chi connectivity index (χ2n) is 4.55. The first-order valence-electron chi connectivity index (χ1n) is 6.93. The zero-order chi connectivity index (χ0) is 17.2. The summed E-state index contributed by atoms with van der Waals surface area (Å²) in [6.45, 7) is 3.73. The fourth-order valence-corrected chi connectivity index (χ4v) is 1.66. The van der Waals surface area contributed by atoms with Gasteiger partial charge in [0.2, 0.25) is 0 Å². The smallest absolute Gasteiger partial charge is 0.339 e. The molecule has 6 nitrogen and oxygen atoms in total. The van der Waals surface area contributed by atoms with E-state index in [2.05, 4.69) is 11.8 Å². The quantitative estimate of drug-likeness (QED) is 0.451. The molecule has 1 rings (SSSR count). The van der Waals surface area contributed by atoms with E-state index in [0.717, 1.165) is 0 Å². The normalized spacial score (nSPS) is 9.57. The van der Waals surface area contributed by atoms with E-state index in [9.17, 15) is 14.4 Å². The van der Waals surface area contributed by atoms with Gasteiger partial charge >= 0.3 is 17.9 Å². The Bertz CT molecular complexity index is 620. The molecule has 0 amide bonds. The monoisotopic (exact) mass is 318 g/mol. The Morgan fingerprint density at radius 1 is 1.04 bits per heavy atom. The first-order chi connectivity index (χ1) is 10.9. The van der Waals surface area contributed by atoms with Crippen LogP contribution < -0.4 is 0 Å². The summed E-state index contributed by atoms with van der Waals surface area (Å²) in [7, 11) is 0. The molecule has 0 spiro atoms. The van der Waals surface area contributed by atoms with Gasteiger partial charge in [0.1, 0.15) is 13.2 Å². The summed E-state index contributed by atoms with van der Waals surface area (Å²) in [5.41, 5.74) is 0.816. The Morgan fingerprint density at radius 3 is 2.13 bits per heavy atom. The van der Waals surface area contributed by atoms with E-state index in [1.807, 2.05) is 0 Å². The minimum Gasteiger partial charge on any atom is -0.462 e. The molecule has 122 valence electrons. The van der Waals surface area contributed by atoms with Crippen molar-refractivity contribution < 1.29 is 28.6 Å². The molecule has 0 N–H and O–H groups in total. The van der Waals surface area contributed by atoms with Crippen LogP contribution in [-0.2, 0) is 23.8 Å². The standard InChI is InChI=1S/C17H18O6/c1-4-7-14-8-5-6-9-16(14)17(20)23-15(10-21-12(2)18)11-22-13(3)19/h5-6,8-9,15H,10-11H2,1-3H3. The number of benzene rings is 1. The molecule has 1 aromatic carbocycles. The van der Waals surface area contributed by atoms with Crippen molar-refractivity contribution in [3.8, 4) is 11.8 Å². The van der Waals surface area contributed by atoms with Crippen LogP contribution in [0.5, 0.6) is 0 Å². The SMILES string of the molecule is CC#Cc1ccccc1C(=O)OC(COC(C)=O)COC(C)=O. The second kappa shape index (κ2) is 9.26. The highest BCUT2D eigenvalue weighted by Gasteiger charge is 2.20. The van der Waals surface area contributed by atoms with Crippen LogP contribution in [0.1, 0.15) is 36.7 Å². The van der Waals surface area contributed by atoms with E-state index in [1.165, 1.54) is 13.8 Å². The average molecular weight is 318 g/mol. The van der Waals surface area contributed by atoms with Crippen LogP contribution in [0.4, 0.5) is 0 Å². The van der Waals surface area contributed by atoms with Crippen LogP contribution in [-0.4, -0.2) is 37.2 Å². The zero-order valence-corrected chi connectivity index (χ0v) is 13.3. The lowest BCUT2D eigenvalue weighted by atomic mass is 10.1. The van der Waals surface area contributed by atoms with Crippen LogP contribution in [0.25, 0.3) is 0 Å². The van der Waals surface area contributed by atoms with Crippen molar-refractivity contribution in [3.05, 3.63) is 35.4 Å². The highest BCUT2D eigenvalue weighted by atomic mass is 16.6. The van der Waals surface area contributed by atoms with Crippen LogP contribution in [0, 0.1) is 11.8 Å². The molecule has 0 aliphatic rings. The molecule has 0 unspecified atom stereocenters. The highest BCUT2D eigenvalue weighted by molar-refractivity contribution is 5.92. The van der Waals surface area contributed by atoms with Gasteiger partial charge in [0.15, 0.2) is 6.10 Å². The predicted molar refractivity (Wildman–Crippen MR) is 81.5 cm³/mol. The van der Waals surface area contributed by atoms with Gasteiger partial charge in [-0.2, -0.15) is 0 Å². The number of carbonyl (C=O) groups excluding carboxylic acids is 3. The number of carbonyl (C=O) groups is 3. The maximum atomic E-state index is 12.3. The third kappa shape index (κ3) is 6.66. The van der Waals surface area contributed by atoms with Crippen LogP contribution in [0.15, 0.2) is 24.3 Å². The van der Waals surface area contributed by atoms with E-state index in [0.29, 0.717) is 5.56 Å². The first kappa shape index (κ1) is 18.2. The number of hydrogen-bond acceptors (Lipinski definition) is 6. The lowest BCUT2D eigenvalue weighted by Crippen LogP contribution is -2.30. The Labute approximate surface area is 134 Å². The van der Waals surface area contributed by atoms with E-state index < -0.39 is 24.0 Å². The van der Waals surface area contributed by atoms with E-state index >= 15 is 0 Å². The van der Waals surface area contributed by atoms with E-state index in [1.54, 1.807) is 31.2 Å². The fourth-order valence-electron chi connectivity index (χ4n) is 1.66. The molecule has 0 aromatic heterocycles. The van der Waals surface area contributed by atoms with Gasteiger partial charge in [-0.3, -0.25) is 9.59 Å². The molecule has 6 heteroatoms. The van der Waals surface area contributed by atoms with Gasteiger partial charge in [0.25, 0.3) is 0 Å². The number of esters is 3. The number of ether oxygens (including phenoxy) is 3. The summed E-state index contributed by atoms with van der Waals surface area (Å²) in [6, 6.07) is 6.72. The van der Waals surface area contributed by atoms with E-state index in [4.69, 9.17) is 14.2 Å². The van der Waals surface area contributed by atoms with Gasteiger partial charge in [0, 0.05) is 19.4 Å². The molecule has 0 radical (unpaired) electrons. The van der Waals surface area contributed by atoms with Gasteiger partial charge in [-0.15, -0.1) is 5.92 Å². The molecule has 0 saturated heterocycles. The molecule has 23 heavy (non-hydrogen) atoms. The molecule has 0 atom stereocenters. The zero-order valence-electron chi connectivity index (χ0n) is 13.3. The maximum absolute atomic E-state index is 12.3. The van der Waals surface area contributed by atoms with Crippen molar-refractivity contribution in [1.82, 2.24) is 0 Å². The molecule has 0 bridgehead atoms. The summed E-state index contributed by atoms with van der Waals surface area (Å²) in [4.78, 5) is 34.1. The fraction of sp³-hybridized carbons (Fsp3) is 0.353. The second-order valence-corrected chi connectivity index (χ2v) is 4.55. The third-order valence-electron chi connectivity index (χ3n) is 2.63. The van der Waals surface area contributed by atoms with Crippen molar-refractivity contribution in [3.63, 3.8) is 0 Å². The lowest BCUT2D eigenvalue weighted by molar-refractivity contribution is -0.150. The Hall–Kier alpha value is -2.81. The summed E-state index contributed by atoms with van der Waals surface area (Å²) in [5.74, 6) is 3.85. The Balaban J connectivity index is 2.84. The van der Waals surface area contributed by atoms with Crippen LogP contribution in [0.2, 0.25) is 0 Å². The largest absolute Gasteiger partial charge is 0.462 e. The average Bonchev–Trinajstić information content (AvgIpc) is 2.50. The predicted octanol–water partition coefficient (Wildman–Crippen LogP) is 1.71. The summed E-state index contributed by atoms with van der Waals surface area (Å²) >= 11 is 0. The van der Waals surface area contributed by atoms with Gasteiger partial charge in [-0.05, 0) is 19.1 Å². The summed E-state index contributed by atoms with van der Waals surface area (Å²) < 4.78 is 14.9. The van der Waals surface area contributed by atoms with Crippen molar-refractivity contribution in [1.29, 1.82) is 0 Å². The number of hydrogen-bond donors (Lipinski definition) is 0. The van der Waals surface area contributed by atoms with Crippen molar-refractivity contribution in [2.45, 2.75) is 26.9 Å². The Kier molecular flexibility index (Phi) is 7.34. The van der Waals surface area contributed by atoms with Gasteiger partial charge < -0.3 is 14.2 Å². The molecule has 0 aliphatic heterocycles. The minimum atomic E-state index is -0.891. The third-order valence-corrected chi connectivity index (χ3v) is 2.63. The molecule has 1 aromatic rings. The lowest BCUT2D eigenvalue weighted by Gasteiger charge is -2.17. The van der Waals surface area contributed by atoms with Crippen LogP contribution >= 0.6 is 0 Å². The summed E-state index contributed by atoms with van der Waals surface area (Å²) in [5, 5.41) is 0. The molecule has 0 saturated carbocycles. The molecule has 0 heterocycles. The van der Waals surface area contributed by atoms with E-state index in [-0.39, 0.29) is 18.8 Å². The minimum absolute atomic E-state index is 0.198. The highest BCUT2D eigenvalue weighted by Crippen LogP contribution is 2.11. The molecular formula is C17H18O6. The molecular weight excluding hydrogens is 300 g/mol. The number of rotatable bonds is 6. The summed E-state index contributed by atoms with van der Waals surface area (Å²) in [6.07, 6.45) is -0.891. The van der Waals surface area contributed by atoms with Gasteiger partial charge in [-0.1, -0.05) is 18.1 Å². The van der Waals surface area contributed by atoms with Crippen molar-refractivity contribution >= 4 is 17.9 Å². The van der Waals surface area contributed by atoms with Gasteiger partial charge in [-0.25, -0.2) is 4.79 Å². The molecule has 0 fully saturated rings. The topological polar surface area (TPSA) is 78.9 Å². The van der Waals surface area contributed by atoms with Crippen LogP contribution in [0.3, 0.4) is 0 Å². The van der Waals surface area contributed by atoms with Crippen molar-refractivity contribution in [2.75, 3.05) is 13.2 Å². The first-order valence-corrected chi connectivity index (χ1v) is 6.93.